The number of thiazole rings is 1. The summed E-state index contributed by atoms with van der Waals surface area (Å²) < 4.78 is 16.2. The Morgan fingerprint density at radius 3 is 2.84 bits per heavy atom. The van der Waals surface area contributed by atoms with Crippen LogP contribution in [0.2, 0.25) is 0 Å². The Bertz CT molecular complexity index is 1140. The van der Waals surface area contributed by atoms with Crippen molar-refractivity contribution in [2.75, 3.05) is 17.2 Å². The highest BCUT2D eigenvalue weighted by molar-refractivity contribution is 7.99. The number of carbonyl (C=O) groups is 1. The van der Waals surface area contributed by atoms with Gasteiger partial charge in [0.05, 0.1) is 16.5 Å². The summed E-state index contributed by atoms with van der Waals surface area (Å²) in [5.74, 6) is 0.429. The minimum Gasteiger partial charge on any atom is -0.337 e. The molecule has 4 rings (SSSR count). The molecule has 0 atom stereocenters. The summed E-state index contributed by atoms with van der Waals surface area (Å²) in [5.41, 5.74) is 2.09. The van der Waals surface area contributed by atoms with Crippen LogP contribution in [0.25, 0.3) is 10.2 Å². The first-order chi connectivity index (χ1) is 15.1. The molecule has 1 amide bonds. The van der Waals surface area contributed by atoms with Gasteiger partial charge in [-0.1, -0.05) is 17.4 Å². The molecule has 31 heavy (non-hydrogen) atoms. The first-order valence-electron chi connectivity index (χ1n) is 10.1. The van der Waals surface area contributed by atoms with Crippen molar-refractivity contribution in [3.8, 4) is 0 Å². The number of amides is 1. The normalized spacial score (nSPS) is 11.2. The van der Waals surface area contributed by atoms with Crippen molar-refractivity contribution >= 4 is 44.4 Å². The van der Waals surface area contributed by atoms with Crippen LogP contribution in [0.1, 0.15) is 18.4 Å². The number of hydrogen-bond donors (Lipinski definition) is 0. The number of halogens is 1. The number of carbonyl (C=O) groups excluding carboxylic acids is 1. The Labute approximate surface area is 188 Å². The molecular weight excluding hydrogens is 431 g/mol. The van der Waals surface area contributed by atoms with Crippen molar-refractivity contribution in [3.05, 3.63) is 72.6 Å². The summed E-state index contributed by atoms with van der Waals surface area (Å²) in [6, 6.07) is 12.5. The van der Waals surface area contributed by atoms with Crippen LogP contribution in [0.3, 0.4) is 0 Å². The third-order valence-corrected chi connectivity index (χ3v) is 6.88. The number of imidazole rings is 1. The standard InChI is InChI=1S/C23H23FN4OS2/c1-17-3-8-20-21(15-17)31-23(26-20)28(12-2-11-27-13-10-25-16-27)22(29)9-14-30-19-6-4-18(24)5-7-19/h3-8,10,13,15-16H,2,9,11-12,14H2,1H3. The molecule has 0 N–H and O–H groups in total. The number of fused-ring (bicyclic) bond motifs is 1. The van der Waals surface area contributed by atoms with Gasteiger partial charge in [-0.05, 0) is 55.3 Å². The first-order valence-corrected chi connectivity index (χ1v) is 11.9. The van der Waals surface area contributed by atoms with E-state index in [0.29, 0.717) is 18.7 Å². The van der Waals surface area contributed by atoms with Crippen LogP contribution in [0, 0.1) is 12.7 Å². The molecule has 0 bridgehead atoms. The predicted molar refractivity (Wildman–Crippen MR) is 125 cm³/mol. The number of anilines is 1. The van der Waals surface area contributed by atoms with Gasteiger partial charge in [-0.25, -0.2) is 14.4 Å². The minimum atomic E-state index is -0.254. The highest BCUT2D eigenvalue weighted by Crippen LogP contribution is 2.30. The molecule has 0 radical (unpaired) electrons. The smallest absolute Gasteiger partial charge is 0.229 e. The summed E-state index contributed by atoms with van der Waals surface area (Å²) in [4.78, 5) is 24.7. The summed E-state index contributed by atoms with van der Waals surface area (Å²) >= 11 is 3.11. The topological polar surface area (TPSA) is 51.0 Å². The summed E-state index contributed by atoms with van der Waals surface area (Å²) in [7, 11) is 0. The van der Waals surface area contributed by atoms with Crippen LogP contribution in [0.5, 0.6) is 0 Å². The lowest BCUT2D eigenvalue weighted by molar-refractivity contribution is -0.118. The molecule has 0 aliphatic rings. The Morgan fingerprint density at radius 1 is 1.23 bits per heavy atom. The maximum Gasteiger partial charge on any atom is 0.229 e. The molecule has 0 unspecified atom stereocenters. The predicted octanol–water partition coefficient (Wildman–Crippen LogP) is 5.55. The van der Waals surface area contributed by atoms with Crippen molar-refractivity contribution < 1.29 is 9.18 Å². The monoisotopic (exact) mass is 454 g/mol. The van der Waals surface area contributed by atoms with Crippen molar-refractivity contribution in [1.29, 1.82) is 0 Å². The molecule has 8 heteroatoms. The van der Waals surface area contributed by atoms with Crippen LogP contribution in [0.15, 0.2) is 66.1 Å². The average Bonchev–Trinajstić information content (AvgIpc) is 3.42. The van der Waals surface area contributed by atoms with Crippen molar-refractivity contribution in [1.82, 2.24) is 14.5 Å². The maximum absolute atomic E-state index is 13.1. The van der Waals surface area contributed by atoms with Gasteiger partial charge in [-0.15, -0.1) is 11.8 Å². The van der Waals surface area contributed by atoms with Gasteiger partial charge >= 0.3 is 0 Å². The Kier molecular flexibility index (Phi) is 6.99. The number of nitrogens with zero attached hydrogens (tertiary/aromatic N) is 4. The van der Waals surface area contributed by atoms with E-state index in [-0.39, 0.29) is 11.7 Å². The van der Waals surface area contributed by atoms with Gasteiger partial charge in [0.15, 0.2) is 5.13 Å². The lowest BCUT2D eigenvalue weighted by Crippen LogP contribution is -2.32. The average molecular weight is 455 g/mol. The van der Waals surface area contributed by atoms with Crippen LogP contribution < -0.4 is 4.90 Å². The summed E-state index contributed by atoms with van der Waals surface area (Å²) in [6.07, 6.45) is 6.66. The van der Waals surface area contributed by atoms with Crippen molar-refractivity contribution in [2.45, 2.75) is 31.2 Å². The molecule has 2 aromatic heterocycles. The van der Waals surface area contributed by atoms with E-state index >= 15 is 0 Å². The van der Waals surface area contributed by atoms with E-state index in [1.807, 2.05) is 27.8 Å². The number of rotatable bonds is 9. The SMILES string of the molecule is Cc1ccc2nc(N(CCCn3ccnc3)C(=O)CCSc3ccc(F)cc3)sc2c1. The molecule has 0 saturated heterocycles. The molecule has 2 heterocycles. The molecule has 160 valence electrons. The molecule has 0 saturated carbocycles. The van der Waals surface area contributed by atoms with Gasteiger partial charge in [0, 0.05) is 42.6 Å². The fourth-order valence-electron chi connectivity index (χ4n) is 3.21. The number of thioether (sulfide) groups is 1. The van der Waals surface area contributed by atoms with E-state index < -0.39 is 0 Å². The van der Waals surface area contributed by atoms with E-state index in [2.05, 4.69) is 18.0 Å². The zero-order chi connectivity index (χ0) is 21.6. The van der Waals surface area contributed by atoms with Crippen molar-refractivity contribution in [2.24, 2.45) is 0 Å². The molecule has 2 aromatic carbocycles. The van der Waals surface area contributed by atoms with Gasteiger partial charge in [0.1, 0.15) is 5.82 Å². The molecule has 5 nitrogen and oxygen atoms in total. The summed E-state index contributed by atoms with van der Waals surface area (Å²) in [6.45, 7) is 3.44. The molecule has 0 fully saturated rings. The van der Waals surface area contributed by atoms with Gasteiger partial charge in [-0.2, -0.15) is 0 Å². The zero-order valence-electron chi connectivity index (χ0n) is 17.2. The fourth-order valence-corrected chi connectivity index (χ4v) is 5.16. The maximum atomic E-state index is 13.1. The van der Waals surface area contributed by atoms with Crippen LogP contribution in [-0.2, 0) is 11.3 Å². The van der Waals surface area contributed by atoms with E-state index in [9.17, 15) is 9.18 Å². The van der Waals surface area contributed by atoms with Crippen LogP contribution in [0.4, 0.5) is 9.52 Å². The quantitative estimate of drug-likeness (QED) is 0.311. The highest BCUT2D eigenvalue weighted by atomic mass is 32.2. The summed E-state index contributed by atoms with van der Waals surface area (Å²) in [5, 5.41) is 0.739. The zero-order valence-corrected chi connectivity index (χ0v) is 18.8. The molecule has 0 aliphatic heterocycles. The first kappa shape index (κ1) is 21.5. The third-order valence-electron chi connectivity index (χ3n) is 4.82. The Balaban J connectivity index is 1.44. The minimum absolute atomic E-state index is 0.0519. The molecule has 4 aromatic rings. The largest absolute Gasteiger partial charge is 0.337 e. The lowest BCUT2D eigenvalue weighted by Gasteiger charge is -2.20. The second kappa shape index (κ2) is 10.1. The van der Waals surface area contributed by atoms with Crippen LogP contribution in [-0.4, -0.2) is 32.7 Å². The van der Waals surface area contributed by atoms with Gasteiger partial charge in [0.25, 0.3) is 0 Å². The van der Waals surface area contributed by atoms with Gasteiger partial charge in [-0.3, -0.25) is 9.69 Å². The number of hydrogen-bond acceptors (Lipinski definition) is 5. The van der Waals surface area contributed by atoms with E-state index in [0.717, 1.165) is 33.2 Å². The second-order valence-corrected chi connectivity index (χ2v) is 9.40. The second-order valence-electron chi connectivity index (χ2n) is 7.22. The molecular formula is C23H23FN4OS2. The Hall–Kier alpha value is -2.71. The molecule has 0 aliphatic carbocycles. The lowest BCUT2D eigenvalue weighted by atomic mass is 10.2. The third kappa shape index (κ3) is 5.71. The fraction of sp³-hybridized carbons (Fsp3) is 0.261. The Morgan fingerprint density at radius 2 is 2.06 bits per heavy atom. The van der Waals surface area contributed by atoms with Gasteiger partial charge < -0.3 is 4.57 Å². The van der Waals surface area contributed by atoms with E-state index in [1.54, 1.807) is 47.8 Å². The molecule has 0 spiro atoms. The van der Waals surface area contributed by atoms with E-state index in [4.69, 9.17) is 4.98 Å². The highest BCUT2D eigenvalue weighted by Gasteiger charge is 2.19. The number of aromatic nitrogens is 3. The number of benzene rings is 2. The van der Waals surface area contributed by atoms with Crippen molar-refractivity contribution in [3.63, 3.8) is 0 Å². The van der Waals surface area contributed by atoms with E-state index in [1.165, 1.54) is 17.7 Å². The van der Waals surface area contributed by atoms with Gasteiger partial charge in [0.2, 0.25) is 5.91 Å². The number of aryl methyl sites for hydroxylation is 2. The van der Waals surface area contributed by atoms with Crippen LogP contribution >= 0.6 is 23.1 Å².